The number of hydrogen-bond donors (Lipinski definition) is 1. The molecule has 0 bridgehead atoms. The van der Waals surface area contributed by atoms with Crippen molar-refractivity contribution in [1.82, 2.24) is 10.2 Å². The van der Waals surface area contributed by atoms with E-state index >= 15 is 0 Å². The van der Waals surface area contributed by atoms with Gasteiger partial charge >= 0.3 is 0 Å². The molecule has 0 radical (unpaired) electrons. The Morgan fingerprint density at radius 2 is 2.21 bits per heavy atom. The first-order valence-corrected chi connectivity index (χ1v) is 7.91. The van der Waals surface area contributed by atoms with E-state index in [4.69, 9.17) is 0 Å². The number of nitrogens with one attached hydrogen (secondary N) is 1. The van der Waals surface area contributed by atoms with E-state index in [0.717, 1.165) is 31.8 Å². The summed E-state index contributed by atoms with van der Waals surface area (Å²) in [7, 11) is 0. The first-order chi connectivity index (χ1) is 8.87. The van der Waals surface area contributed by atoms with Crippen LogP contribution >= 0.6 is 0 Å². The van der Waals surface area contributed by atoms with Crippen LogP contribution in [0.2, 0.25) is 0 Å². The van der Waals surface area contributed by atoms with Gasteiger partial charge < -0.3 is 10.2 Å². The van der Waals surface area contributed by atoms with Gasteiger partial charge in [-0.2, -0.15) is 0 Å². The smallest absolute Gasteiger partial charge is 0.222 e. The summed E-state index contributed by atoms with van der Waals surface area (Å²) in [6, 6.07) is 1.04. The Morgan fingerprint density at radius 1 is 1.47 bits per heavy atom. The Kier molecular flexibility index (Phi) is 4.54. The first kappa shape index (κ1) is 14.8. The highest BCUT2D eigenvalue weighted by atomic mass is 16.2. The second-order valence-electron chi connectivity index (χ2n) is 7.50. The summed E-state index contributed by atoms with van der Waals surface area (Å²) in [6.45, 7) is 11.2. The molecule has 2 fully saturated rings. The Morgan fingerprint density at radius 3 is 2.79 bits per heavy atom. The predicted molar refractivity (Wildman–Crippen MR) is 79.0 cm³/mol. The molecule has 110 valence electrons. The average Bonchev–Trinajstić information content (AvgIpc) is 2.68. The van der Waals surface area contributed by atoms with E-state index in [1.54, 1.807) is 0 Å². The third-order valence-corrected chi connectivity index (χ3v) is 4.86. The Bertz CT molecular complexity index is 327. The fourth-order valence-electron chi connectivity index (χ4n) is 3.84. The number of rotatable bonds is 4. The number of amides is 1. The zero-order chi connectivity index (χ0) is 14.0. The van der Waals surface area contributed by atoms with Crippen molar-refractivity contribution in [3.05, 3.63) is 0 Å². The summed E-state index contributed by atoms with van der Waals surface area (Å²) < 4.78 is 0. The van der Waals surface area contributed by atoms with Crippen molar-refractivity contribution in [3.8, 4) is 0 Å². The molecule has 2 rings (SSSR count). The number of likely N-dealkylation sites (tertiary alicyclic amines) is 1. The third kappa shape index (κ3) is 3.95. The predicted octanol–water partition coefficient (Wildman–Crippen LogP) is 2.80. The molecule has 19 heavy (non-hydrogen) atoms. The normalized spacial score (nSPS) is 32.6. The van der Waals surface area contributed by atoms with Crippen LogP contribution in [0.1, 0.15) is 59.8 Å². The first-order valence-electron chi connectivity index (χ1n) is 7.91. The lowest BCUT2D eigenvalue weighted by Gasteiger charge is -2.41. The summed E-state index contributed by atoms with van der Waals surface area (Å²) in [6.07, 6.45) is 5.68. The highest BCUT2D eigenvalue weighted by Crippen LogP contribution is 2.38. The van der Waals surface area contributed by atoms with Gasteiger partial charge in [-0.1, -0.05) is 20.8 Å². The van der Waals surface area contributed by atoms with Crippen LogP contribution < -0.4 is 5.32 Å². The van der Waals surface area contributed by atoms with Crippen molar-refractivity contribution in [3.63, 3.8) is 0 Å². The van der Waals surface area contributed by atoms with Crippen LogP contribution in [-0.4, -0.2) is 36.0 Å². The van der Waals surface area contributed by atoms with Crippen molar-refractivity contribution in [2.75, 3.05) is 13.1 Å². The van der Waals surface area contributed by atoms with E-state index in [1.165, 1.54) is 19.3 Å². The second-order valence-corrected chi connectivity index (χ2v) is 7.50. The molecule has 1 aliphatic carbocycles. The lowest BCUT2D eigenvalue weighted by atomic mass is 9.70. The summed E-state index contributed by atoms with van der Waals surface area (Å²) in [5.41, 5.74) is 0.506. The van der Waals surface area contributed by atoms with Gasteiger partial charge in [0, 0.05) is 31.6 Å². The van der Waals surface area contributed by atoms with Crippen molar-refractivity contribution in [1.29, 1.82) is 0 Å². The van der Waals surface area contributed by atoms with Crippen molar-refractivity contribution in [2.24, 2.45) is 11.3 Å². The van der Waals surface area contributed by atoms with Gasteiger partial charge in [0.05, 0.1) is 0 Å². The Hall–Kier alpha value is -0.570. The topological polar surface area (TPSA) is 32.3 Å². The maximum atomic E-state index is 11.6. The molecule has 3 nitrogen and oxygen atoms in total. The van der Waals surface area contributed by atoms with Gasteiger partial charge in [0.1, 0.15) is 0 Å². The largest absolute Gasteiger partial charge is 0.341 e. The molecule has 1 amide bonds. The third-order valence-electron chi connectivity index (χ3n) is 4.86. The SMILES string of the molecule is CC(CN1CCCC1=O)NC1CCC(C)(C)CC1C. The summed E-state index contributed by atoms with van der Waals surface area (Å²) >= 11 is 0. The zero-order valence-electron chi connectivity index (χ0n) is 13.0. The van der Waals surface area contributed by atoms with E-state index in [9.17, 15) is 4.79 Å². The Labute approximate surface area is 118 Å². The van der Waals surface area contributed by atoms with Crippen LogP contribution in [0, 0.1) is 11.3 Å². The van der Waals surface area contributed by atoms with Crippen LogP contribution in [0.5, 0.6) is 0 Å². The van der Waals surface area contributed by atoms with Crippen LogP contribution in [0.25, 0.3) is 0 Å². The van der Waals surface area contributed by atoms with Gasteiger partial charge in [-0.15, -0.1) is 0 Å². The minimum Gasteiger partial charge on any atom is -0.341 e. The number of hydrogen-bond acceptors (Lipinski definition) is 2. The van der Waals surface area contributed by atoms with Crippen molar-refractivity contribution >= 4 is 5.91 Å². The van der Waals surface area contributed by atoms with Gasteiger partial charge in [0.15, 0.2) is 0 Å². The summed E-state index contributed by atoms with van der Waals surface area (Å²) in [4.78, 5) is 13.7. The minimum atomic E-state index is 0.339. The summed E-state index contributed by atoms with van der Waals surface area (Å²) in [5.74, 6) is 1.08. The van der Waals surface area contributed by atoms with Gasteiger partial charge in [0.25, 0.3) is 0 Å². The molecule has 0 aromatic rings. The molecule has 0 spiro atoms. The lowest BCUT2D eigenvalue weighted by Crippen LogP contribution is -2.49. The van der Waals surface area contributed by atoms with Crippen LogP contribution in [0.4, 0.5) is 0 Å². The maximum Gasteiger partial charge on any atom is 0.222 e. The van der Waals surface area contributed by atoms with Gasteiger partial charge in [-0.25, -0.2) is 0 Å². The highest BCUT2D eigenvalue weighted by Gasteiger charge is 2.33. The van der Waals surface area contributed by atoms with E-state index in [1.807, 2.05) is 4.90 Å². The van der Waals surface area contributed by atoms with Gasteiger partial charge in [0.2, 0.25) is 5.91 Å². The monoisotopic (exact) mass is 266 g/mol. The number of nitrogens with zero attached hydrogens (tertiary/aromatic N) is 1. The molecule has 3 atom stereocenters. The molecule has 2 aliphatic rings. The lowest BCUT2D eigenvalue weighted by molar-refractivity contribution is -0.128. The molecule has 3 heteroatoms. The molecule has 1 saturated heterocycles. The van der Waals surface area contributed by atoms with E-state index < -0.39 is 0 Å². The molecule has 1 aliphatic heterocycles. The van der Waals surface area contributed by atoms with Crippen LogP contribution in [0.3, 0.4) is 0 Å². The highest BCUT2D eigenvalue weighted by molar-refractivity contribution is 5.78. The quantitative estimate of drug-likeness (QED) is 0.848. The fourth-order valence-corrected chi connectivity index (χ4v) is 3.84. The minimum absolute atomic E-state index is 0.339. The second kappa shape index (κ2) is 5.82. The van der Waals surface area contributed by atoms with E-state index in [-0.39, 0.29) is 0 Å². The molecule has 0 aromatic carbocycles. The Balaban J connectivity index is 1.79. The van der Waals surface area contributed by atoms with E-state index in [0.29, 0.717) is 23.4 Å². The number of carbonyl (C=O) groups excluding carboxylic acids is 1. The molecule has 0 aromatic heterocycles. The van der Waals surface area contributed by atoms with Crippen LogP contribution in [-0.2, 0) is 4.79 Å². The van der Waals surface area contributed by atoms with Crippen LogP contribution in [0.15, 0.2) is 0 Å². The zero-order valence-corrected chi connectivity index (χ0v) is 13.0. The molecule has 3 unspecified atom stereocenters. The van der Waals surface area contributed by atoms with Gasteiger partial charge in [-0.3, -0.25) is 4.79 Å². The maximum absolute atomic E-state index is 11.6. The standard InChI is InChI=1S/C16H30N2O/c1-12-10-16(3,4)8-7-14(12)17-13(2)11-18-9-5-6-15(18)19/h12-14,17H,5-11H2,1-4H3. The number of carbonyl (C=O) groups is 1. The molecule has 1 saturated carbocycles. The van der Waals surface area contributed by atoms with E-state index in [2.05, 4.69) is 33.0 Å². The molecule has 1 heterocycles. The fraction of sp³-hybridized carbons (Fsp3) is 0.938. The molecular formula is C16H30N2O. The molecular weight excluding hydrogens is 236 g/mol. The average molecular weight is 266 g/mol. The summed E-state index contributed by atoms with van der Waals surface area (Å²) in [5, 5.41) is 3.76. The molecule has 1 N–H and O–H groups in total. The van der Waals surface area contributed by atoms with Crippen molar-refractivity contribution in [2.45, 2.75) is 71.9 Å². The van der Waals surface area contributed by atoms with Gasteiger partial charge in [-0.05, 0) is 43.9 Å². The van der Waals surface area contributed by atoms with Crippen molar-refractivity contribution < 1.29 is 4.79 Å².